The van der Waals surface area contributed by atoms with Gasteiger partial charge in [0.15, 0.2) is 0 Å². The minimum absolute atomic E-state index is 0.869. The van der Waals surface area contributed by atoms with Crippen LogP contribution in [-0.2, 0) is 19.4 Å². The standard InChI is InChI=1S/C17H24N4/c1-3-10-18-17-14(7-6-11-19-17)12-21-13(2)20-15-8-4-5-9-16(15)21/h6-7,11H,3-5,8-10,12H2,1-2H3,(H,18,19). The van der Waals surface area contributed by atoms with Crippen LogP contribution in [0.3, 0.4) is 0 Å². The summed E-state index contributed by atoms with van der Waals surface area (Å²) >= 11 is 0. The Labute approximate surface area is 126 Å². The van der Waals surface area contributed by atoms with Crippen LogP contribution in [0.1, 0.15) is 49.0 Å². The first kappa shape index (κ1) is 14.1. The Morgan fingerprint density at radius 3 is 3.00 bits per heavy atom. The third-order valence-corrected chi connectivity index (χ3v) is 4.19. The van der Waals surface area contributed by atoms with E-state index in [0.717, 1.165) is 44.0 Å². The molecule has 2 aromatic heterocycles. The number of fused-ring (bicyclic) bond motifs is 1. The van der Waals surface area contributed by atoms with Gasteiger partial charge in [0.05, 0.1) is 12.2 Å². The molecule has 0 radical (unpaired) electrons. The summed E-state index contributed by atoms with van der Waals surface area (Å²) < 4.78 is 2.38. The van der Waals surface area contributed by atoms with Crippen molar-refractivity contribution in [2.75, 3.05) is 11.9 Å². The van der Waals surface area contributed by atoms with Crippen molar-refractivity contribution in [3.63, 3.8) is 0 Å². The quantitative estimate of drug-likeness (QED) is 0.915. The molecule has 21 heavy (non-hydrogen) atoms. The molecule has 0 amide bonds. The van der Waals surface area contributed by atoms with E-state index in [1.54, 1.807) is 0 Å². The van der Waals surface area contributed by atoms with Gasteiger partial charge in [-0.3, -0.25) is 0 Å². The van der Waals surface area contributed by atoms with Crippen molar-refractivity contribution < 1.29 is 0 Å². The van der Waals surface area contributed by atoms with E-state index in [1.807, 2.05) is 12.3 Å². The lowest BCUT2D eigenvalue weighted by Crippen LogP contribution is -2.13. The summed E-state index contributed by atoms with van der Waals surface area (Å²) in [5.41, 5.74) is 3.99. The number of nitrogens with one attached hydrogen (secondary N) is 1. The molecule has 1 N–H and O–H groups in total. The van der Waals surface area contributed by atoms with Crippen molar-refractivity contribution in [2.24, 2.45) is 0 Å². The predicted octanol–water partition coefficient (Wildman–Crippen LogP) is 3.34. The van der Waals surface area contributed by atoms with Gasteiger partial charge in [-0.05, 0) is 45.1 Å². The second-order valence-electron chi connectivity index (χ2n) is 5.78. The van der Waals surface area contributed by atoms with Gasteiger partial charge in [-0.2, -0.15) is 0 Å². The van der Waals surface area contributed by atoms with Crippen LogP contribution in [0, 0.1) is 6.92 Å². The molecule has 0 spiro atoms. The number of rotatable bonds is 5. The molecule has 3 rings (SSSR count). The average Bonchev–Trinajstić information content (AvgIpc) is 2.82. The molecular formula is C17H24N4. The van der Waals surface area contributed by atoms with Gasteiger partial charge in [0, 0.05) is 24.0 Å². The lowest BCUT2D eigenvalue weighted by molar-refractivity contribution is 0.624. The SMILES string of the molecule is CCCNc1ncccc1Cn1c(C)nc2c1CCCC2. The Morgan fingerprint density at radius 1 is 1.29 bits per heavy atom. The topological polar surface area (TPSA) is 42.7 Å². The molecule has 4 heteroatoms. The zero-order valence-electron chi connectivity index (χ0n) is 13.0. The highest BCUT2D eigenvalue weighted by atomic mass is 15.1. The molecule has 0 saturated carbocycles. The van der Waals surface area contributed by atoms with E-state index in [4.69, 9.17) is 4.98 Å². The van der Waals surface area contributed by atoms with Crippen molar-refractivity contribution in [1.29, 1.82) is 0 Å². The summed E-state index contributed by atoms with van der Waals surface area (Å²) in [5, 5.41) is 3.43. The summed E-state index contributed by atoms with van der Waals surface area (Å²) in [4.78, 5) is 9.25. The Bertz CT molecular complexity index is 615. The van der Waals surface area contributed by atoms with Crippen molar-refractivity contribution in [3.05, 3.63) is 41.1 Å². The largest absolute Gasteiger partial charge is 0.370 e. The number of hydrogen-bond acceptors (Lipinski definition) is 3. The molecule has 2 heterocycles. The Kier molecular flexibility index (Phi) is 4.23. The summed E-state index contributed by atoms with van der Waals surface area (Å²) in [5.74, 6) is 2.14. The second kappa shape index (κ2) is 6.29. The number of aryl methyl sites for hydroxylation is 2. The highest BCUT2D eigenvalue weighted by Gasteiger charge is 2.18. The molecule has 0 atom stereocenters. The van der Waals surface area contributed by atoms with Gasteiger partial charge in [-0.1, -0.05) is 13.0 Å². The third-order valence-electron chi connectivity index (χ3n) is 4.19. The van der Waals surface area contributed by atoms with Crippen LogP contribution < -0.4 is 5.32 Å². The van der Waals surface area contributed by atoms with Crippen LogP contribution in [0.2, 0.25) is 0 Å². The van der Waals surface area contributed by atoms with E-state index in [9.17, 15) is 0 Å². The zero-order valence-corrected chi connectivity index (χ0v) is 13.0. The van der Waals surface area contributed by atoms with Gasteiger partial charge in [0.1, 0.15) is 11.6 Å². The molecular weight excluding hydrogens is 260 g/mol. The van der Waals surface area contributed by atoms with Crippen LogP contribution in [0.25, 0.3) is 0 Å². The van der Waals surface area contributed by atoms with E-state index in [1.165, 1.54) is 29.8 Å². The molecule has 0 aliphatic heterocycles. The maximum absolute atomic E-state index is 4.76. The van der Waals surface area contributed by atoms with Crippen molar-refractivity contribution in [3.8, 4) is 0 Å². The molecule has 1 aliphatic rings. The minimum atomic E-state index is 0.869. The van der Waals surface area contributed by atoms with Crippen molar-refractivity contribution in [1.82, 2.24) is 14.5 Å². The monoisotopic (exact) mass is 284 g/mol. The van der Waals surface area contributed by atoms with Crippen molar-refractivity contribution in [2.45, 2.75) is 52.5 Å². The summed E-state index contributed by atoms with van der Waals surface area (Å²) in [6, 6.07) is 4.19. The smallest absolute Gasteiger partial charge is 0.130 e. The Balaban J connectivity index is 1.88. The van der Waals surface area contributed by atoms with E-state index in [2.05, 4.69) is 34.8 Å². The highest BCUT2D eigenvalue weighted by Crippen LogP contribution is 2.24. The number of anilines is 1. The lowest BCUT2D eigenvalue weighted by atomic mass is 10.0. The minimum Gasteiger partial charge on any atom is -0.370 e. The highest BCUT2D eigenvalue weighted by molar-refractivity contribution is 5.44. The van der Waals surface area contributed by atoms with Gasteiger partial charge < -0.3 is 9.88 Å². The van der Waals surface area contributed by atoms with Gasteiger partial charge in [0.25, 0.3) is 0 Å². The van der Waals surface area contributed by atoms with Gasteiger partial charge in [0.2, 0.25) is 0 Å². The first-order valence-corrected chi connectivity index (χ1v) is 8.02. The molecule has 0 fully saturated rings. The normalized spacial score (nSPS) is 14.0. The first-order chi connectivity index (χ1) is 10.3. The first-order valence-electron chi connectivity index (χ1n) is 8.02. The average molecular weight is 284 g/mol. The molecule has 2 aromatic rings. The van der Waals surface area contributed by atoms with Crippen LogP contribution in [-0.4, -0.2) is 21.1 Å². The summed E-state index contributed by atoms with van der Waals surface area (Å²) in [6.07, 6.45) is 7.82. The summed E-state index contributed by atoms with van der Waals surface area (Å²) in [6.45, 7) is 6.12. The fraction of sp³-hybridized carbons (Fsp3) is 0.529. The zero-order chi connectivity index (χ0) is 14.7. The molecule has 0 saturated heterocycles. The van der Waals surface area contributed by atoms with Crippen LogP contribution >= 0.6 is 0 Å². The van der Waals surface area contributed by atoms with Gasteiger partial charge >= 0.3 is 0 Å². The van der Waals surface area contributed by atoms with E-state index in [0.29, 0.717) is 0 Å². The lowest BCUT2D eigenvalue weighted by Gasteiger charge is -2.16. The van der Waals surface area contributed by atoms with Crippen LogP contribution in [0.4, 0.5) is 5.82 Å². The van der Waals surface area contributed by atoms with E-state index in [-0.39, 0.29) is 0 Å². The number of imidazole rings is 1. The fourth-order valence-corrected chi connectivity index (χ4v) is 3.08. The number of pyridine rings is 1. The van der Waals surface area contributed by atoms with Gasteiger partial charge in [-0.25, -0.2) is 9.97 Å². The summed E-state index contributed by atoms with van der Waals surface area (Å²) in [7, 11) is 0. The maximum Gasteiger partial charge on any atom is 0.130 e. The molecule has 0 aromatic carbocycles. The van der Waals surface area contributed by atoms with E-state index < -0.39 is 0 Å². The van der Waals surface area contributed by atoms with Crippen LogP contribution in [0.5, 0.6) is 0 Å². The maximum atomic E-state index is 4.76. The molecule has 0 bridgehead atoms. The Hall–Kier alpha value is -1.84. The predicted molar refractivity (Wildman–Crippen MR) is 85.7 cm³/mol. The van der Waals surface area contributed by atoms with Crippen molar-refractivity contribution >= 4 is 5.82 Å². The number of aromatic nitrogens is 3. The van der Waals surface area contributed by atoms with Gasteiger partial charge in [-0.15, -0.1) is 0 Å². The molecule has 112 valence electrons. The van der Waals surface area contributed by atoms with E-state index >= 15 is 0 Å². The third kappa shape index (κ3) is 2.94. The van der Waals surface area contributed by atoms with Crippen LogP contribution in [0.15, 0.2) is 18.3 Å². The molecule has 0 unspecified atom stereocenters. The Morgan fingerprint density at radius 2 is 2.14 bits per heavy atom. The second-order valence-corrected chi connectivity index (χ2v) is 5.78. The number of nitrogens with zero attached hydrogens (tertiary/aromatic N) is 3. The molecule has 1 aliphatic carbocycles. The molecule has 4 nitrogen and oxygen atoms in total. The fourth-order valence-electron chi connectivity index (χ4n) is 3.08. The number of hydrogen-bond donors (Lipinski definition) is 1.